The van der Waals surface area contributed by atoms with Gasteiger partial charge < -0.3 is 5.73 Å². The van der Waals surface area contributed by atoms with Crippen molar-refractivity contribution in [3.63, 3.8) is 0 Å². The third kappa shape index (κ3) is 1.18. The molecule has 0 radical (unpaired) electrons. The molecule has 1 aromatic heterocycles. The average molecular weight is 209 g/mol. The van der Waals surface area contributed by atoms with Gasteiger partial charge in [-0.05, 0) is 12.8 Å². The van der Waals surface area contributed by atoms with E-state index in [1.54, 1.807) is 0 Å². The van der Waals surface area contributed by atoms with Gasteiger partial charge in [0.2, 0.25) is 5.13 Å². The fourth-order valence-electron chi connectivity index (χ4n) is 1.17. The first kappa shape index (κ1) is 8.74. The zero-order valence-electron chi connectivity index (χ0n) is 6.43. The van der Waals surface area contributed by atoms with E-state index >= 15 is 0 Å². The molecule has 1 fully saturated rings. The summed E-state index contributed by atoms with van der Waals surface area (Å²) >= 11 is 0.820. The second kappa shape index (κ2) is 2.34. The van der Waals surface area contributed by atoms with Crippen molar-refractivity contribution < 1.29 is 13.2 Å². The van der Waals surface area contributed by atoms with Gasteiger partial charge in [0.1, 0.15) is 10.4 Å². The number of rotatable bonds is 1. The van der Waals surface area contributed by atoms with Crippen LogP contribution in [0.25, 0.3) is 0 Å². The van der Waals surface area contributed by atoms with E-state index in [0.29, 0.717) is 0 Å². The molecule has 13 heavy (non-hydrogen) atoms. The third-order valence-corrected chi connectivity index (χ3v) is 3.10. The van der Waals surface area contributed by atoms with Crippen LogP contribution in [-0.4, -0.2) is 16.4 Å². The molecule has 0 saturated heterocycles. The summed E-state index contributed by atoms with van der Waals surface area (Å²) in [5.74, 6) is 0. The number of halogens is 3. The number of alkyl halides is 3. The molecule has 0 atom stereocenters. The van der Waals surface area contributed by atoms with E-state index in [1.165, 1.54) is 0 Å². The Morgan fingerprint density at radius 1 is 1.31 bits per heavy atom. The molecule has 0 aliphatic heterocycles. The van der Waals surface area contributed by atoms with Gasteiger partial charge in [-0.15, -0.1) is 10.2 Å². The molecule has 0 amide bonds. The van der Waals surface area contributed by atoms with E-state index in [9.17, 15) is 13.2 Å². The van der Waals surface area contributed by atoms with Crippen molar-refractivity contribution in [3.8, 4) is 0 Å². The predicted molar refractivity (Wildman–Crippen MR) is 41.3 cm³/mol. The summed E-state index contributed by atoms with van der Waals surface area (Å²) in [4.78, 5) is 0. The first-order valence-electron chi connectivity index (χ1n) is 3.62. The molecule has 1 aliphatic carbocycles. The largest absolute Gasteiger partial charge is 0.400 e. The van der Waals surface area contributed by atoms with Crippen LogP contribution in [0.3, 0.4) is 0 Å². The molecule has 2 rings (SSSR count). The van der Waals surface area contributed by atoms with E-state index in [1.807, 2.05) is 0 Å². The zero-order valence-corrected chi connectivity index (χ0v) is 7.24. The smallest absolute Gasteiger partial charge is 0.374 e. The van der Waals surface area contributed by atoms with E-state index in [4.69, 9.17) is 5.73 Å². The number of nitrogen functional groups attached to an aromatic ring is 1. The lowest BCUT2D eigenvalue weighted by Crippen LogP contribution is -2.28. The summed E-state index contributed by atoms with van der Waals surface area (Å²) in [6.45, 7) is 0. The molecule has 1 aliphatic rings. The number of nitrogens with two attached hydrogens (primary N) is 1. The minimum absolute atomic E-state index is 0.00231. The fourth-order valence-corrected chi connectivity index (χ4v) is 2.05. The monoisotopic (exact) mass is 209 g/mol. The van der Waals surface area contributed by atoms with Crippen LogP contribution >= 0.6 is 11.3 Å². The van der Waals surface area contributed by atoms with Crippen LogP contribution in [0, 0.1) is 0 Å². The van der Waals surface area contributed by atoms with Gasteiger partial charge in [-0.1, -0.05) is 11.3 Å². The van der Waals surface area contributed by atoms with Gasteiger partial charge >= 0.3 is 6.18 Å². The van der Waals surface area contributed by atoms with E-state index in [0.717, 1.165) is 11.3 Å². The lowest BCUT2D eigenvalue weighted by Gasteiger charge is -2.14. The number of nitrogens with zero attached hydrogens (tertiary/aromatic N) is 2. The summed E-state index contributed by atoms with van der Waals surface area (Å²) in [6.07, 6.45) is -4.02. The van der Waals surface area contributed by atoms with E-state index in [-0.39, 0.29) is 23.0 Å². The average Bonchev–Trinajstić information content (AvgIpc) is 2.70. The second-order valence-corrected chi connectivity index (χ2v) is 4.03. The van der Waals surface area contributed by atoms with Crippen molar-refractivity contribution in [2.75, 3.05) is 5.73 Å². The van der Waals surface area contributed by atoms with Crippen molar-refractivity contribution in [3.05, 3.63) is 5.01 Å². The van der Waals surface area contributed by atoms with Crippen LogP contribution in [0.5, 0.6) is 0 Å². The Labute approximate surface area is 75.8 Å². The molecular weight excluding hydrogens is 203 g/mol. The molecule has 3 nitrogen and oxygen atoms in total. The Kier molecular flexibility index (Phi) is 1.57. The fraction of sp³-hybridized carbons (Fsp3) is 0.667. The first-order valence-corrected chi connectivity index (χ1v) is 4.43. The minimum atomic E-state index is -4.22. The standard InChI is InChI=1S/C6H6F3N3S/c7-6(8,9)5(1-2-5)3-11-12-4(10)13-3/h1-2H2,(H2,10,12). The number of aromatic nitrogens is 2. The Morgan fingerprint density at radius 2 is 1.92 bits per heavy atom. The second-order valence-electron chi connectivity index (χ2n) is 3.03. The Bertz CT molecular complexity index is 328. The molecule has 2 N–H and O–H groups in total. The Morgan fingerprint density at radius 3 is 2.23 bits per heavy atom. The number of hydrogen-bond donors (Lipinski definition) is 1. The molecule has 1 aromatic rings. The number of hydrogen-bond acceptors (Lipinski definition) is 4. The van der Waals surface area contributed by atoms with E-state index < -0.39 is 11.6 Å². The first-order chi connectivity index (χ1) is 5.96. The Balaban J connectivity index is 2.36. The lowest BCUT2D eigenvalue weighted by atomic mass is 10.1. The van der Waals surface area contributed by atoms with Gasteiger partial charge in [0.25, 0.3) is 0 Å². The normalized spacial score (nSPS) is 20.2. The number of anilines is 1. The van der Waals surface area contributed by atoms with Crippen LogP contribution in [0.1, 0.15) is 17.8 Å². The van der Waals surface area contributed by atoms with Gasteiger partial charge in [0, 0.05) is 0 Å². The highest BCUT2D eigenvalue weighted by Gasteiger charge is 2.66. The van der Waals surface area contributed by atoms with Gasteiger partial charge in [-0.25, -0.2) is 0 Å². The quantitative estimate of drug-likeness (QED) is 0.766. The summed E-state index contributed by atoms with van der Waals surface area (Å²) in [5.41, 5.74) is 3.49. The molecule has 1 heterocycles. The summed E-state index contributed by atoms with van der Waals surface area (Å²) in [6, 6.07) is 0. The van der Waals surface area contributed by atoms with Gasteiger partial charge in [-0.2, -0.15) is 13.2 Å². The van der Waals surface area contributed by atoms with Crippen molar-refractivity contribution in [2.24, 2.45) is 0 Å². The Hall–Kier alpha value is -0.850. The van der Waals surface area contributed by atoms with Gasteiger partial charge in [0.15, 0.2) is 0 Å². The maximum atomic E-state index is 12.5. The van der Waals surface area contributed by atoms with Crippen molar-refractivity contribution in [1.82, 2.24) is 10.2 Å². The molecule has 1 saturated carbocycles. The van der Waals surface area contributed by atoms with Crippen molar-refractivity contribution in [2.45, 2.75) is 24.4 Å². The predicted octanol–water partition coefficient (Wildman–Crippen LogP) is 1.71. The maximum Gasteiger partial charge on any atom is 0.400 e. The maximum absolute atomic E-state index is 12.5. The highest BCUT2D eigenvalue weighted by molar-refractivity contribution is 7.15. The zero-order chi connectivity index (χ0) is 9.69. The van der Waals surface area contributed by atoms with Crippen molar-refractivity contribution >= 4 is 16.5 Å². The SMILES string of the molecule is Nc1nnc(C2(C(F)(F)F)CC2)s1. The van der Waals surface area contributed by atoms with Crippen LogP contribution in [-0.2, 0) is 5.41 Å². The summed E-state index contributed by atoms with van der Waals surface area (Å²) in [7, 11) is 0. The van der Waals surface area contributed by atoms with Gasteiger partial charge in [0.05, 0.1) is 0 Å². The van der Waals surface area contributed by atoms with Crippen LogP contribution < -0.4 is 5.73 Å². The van der Waals surface area contributed by atoms with E-state index in [2.05, 4.69) is 10.2 Å². The van der Waals surface area contributed by atoms with Crippen LogP contribution in [0.2, 0.25) is 0 Å². The summed E-state index contributed by atoms with van der Waals surface area (Å²) in [5, 5.41) is 6.91. The topological polar surface area (TPSA) is 51.8 Å². The molecule has 0 bridgehead atoms. The highest BCUT2D eigenvalue weighted by atomic mass is 32.1. The van der Waals surface area contributed by atoms with Gasteiger partial charge in [-0.3, -0.25) is 0 Å². The molecular formula is C6H6F3N3S. The highest BCUT2D eigenvalue weighted by Crippen LogP contribution is 2.59. The molecule has 0 spiro atoms. The van der Waals surface area contributed by atoms with Crippen molar-refractivity contribution in [1.29, 1.82) is 0 Å². The molecule has 0 unspecified atom stereocenters. The molecule has 7 heteroatoms. The third-order valence-electron chi connectivity index (χ3n) is 2.14. The van der Waals surface area contributed by atoms with Crippen LogP contribution in [0.15, 0.2) is 0 Å². The lowest BCUT2D eigenvalue weighted by molar-refractivity contribution is -0.160. The minimum Gasteiger partial charge on any atom is -0.374 e. The molecule has 72 valence electrons. The molecule has 0 aromatic carbocycles. The summed E-state index contributed by atoms with van der Waals surface area (Å²) < 4.78 is 37.5. The van der Waals surface area contributed by atoms with Crippen LogP contribution in [0.4, 0.5) is 18.3 Å².